The van der Waals surface area contributed by atoms with Gasteiger partial charge in [-0.1, -0.05) is 18.2 Å². The number of benzene rings is 2. The Morgan fingerprint density at radius 2 is 1.85 bits per heavy atom. The molecule has 0 radical (unpaired) electrons. The second-order valence-corrected chi connectivity index (χ2v) is 9.31. The second kappa shape index (κ2) is 9.83. The lowest BCUT2D eigenvalue weighted by Crippen LogP contribution is -2.36. The van der Waals surface area contributed by atoms with Gasteiger partial charge in [0.1, 0.15) is 11.9 Å². The number of rotatable bonds is 7. The van der Waals surface area contributed by atoms with Crippen molar-refractivity contribution in [3.05, 3.63) is 59.2 Å². The summed E-state index contributed by atoms with van der Waals surface area (Å²) < 4.78 is 31.9. The van der Waals surface area contributed by atoms with Crippen LogP contribution >= 0.6 is 0 Å². The molecule has 10 heteroatoms. The fourth-order valence-electron chi connectivity index (χ4n) is 3.47. The topological polar surface area (TPSA) is 129 Å². The first-order valence-corrected chi connectivity index (χ1v) is 11.7. The van der Waals surface area contributed by atoms with E-state index in [4.69, 9.17) is 10.00 Å². The molecule has 0 aliphatic carbocycles. The summed E-state index contributed by atoms with van der Waals surface area (Å²) in [5, 5.41) is 8.95. The minimum atomic E-state index is -3.73. The van der Waals surface area contributed by atoms with Crippen molar-refractivity contribution < 1.29 is 22.7 Å². The van der Waals surface area contributed by atoms with Gasteiger partial charge in [-0.3, -0.25) is 14.5 Å². The lowest BCUT2D eigenvalue weighted by Gasteiger charge is -2.23. The lowest BCUT2D eigenvalue weighted by atomic mass is 10.1. The number of carbonyl (C=O) groups is 2. The van der Waals surface area contributed by atoms with Crippen LogP contribution in [0.3, 0.4) is 0 Å². The summed E-state index contributed by atoms with van der Waals surface area (Å²) in [7, 11) is -3.73. The first kappa shape index (κ1) is 23.9. The monoisotopic (exact) mass is 468 g/mol. The smallest absolute Gasteiger partial charge is 0.331 e. The fraction of sp³-hybridized carbons (Fsp3) is 0.304. The molecular weight excluding hydrogens is 444 g/mol. The number of amidine groups is 1. The van der Waals surface area contributed by atoms with Crippen LogP contribution in [0.15, 0.2) is 52.4 Å². The Hall–Kier alpha value is -3.71. The van der Waals surface area contributed by atoms with Crippen LogP contribution < -0.4 is 9.62 Å². The molecule has 33 heavy (non-hydrogen) atoms. The van der Waals surface area contributed by atoms with Crippen molar-refractivity contribution in [3.8, 4) is 6.07 Å². The number of nitrogens with one attached hydrogen (secondary N) is 1. The van der Waals surface area contributed by atoms with Gasteiger partial charge in [0, 0.05) is 17.8 Å². The third kappa shape index (κ3) is 5.56. The van der Waals surface area contributed by atoms with Crippen molar-refractivity contribution in [3.63, 3.8) is 0 Å². The molecule has 0 bridgehead atoms. The minimum absolute atomic E-state index is 0.0484. The van der Waals surface area contributed by atoms with Crippen molar-refractivity contribution in [2.75, 3.05) is 18.1 Å². The first-order chi connectivity index (χ1) is 15.6. The molecule has 0 saturated heterocycles. The summed E-state index contributed by atoms with van der Waals surface area (Å²) in [4.78, 5) is 30.9. The fourth-order valence-corrected chi connectivity index (χ4v) is 4.71. The number of anilines is 1. The summed E-state index contributed by atoms with van der Waals surface area (Å²) in [6.07, 6.45) is 0.121. The van der Waals surface area contributed by atoms with E-state index in [2.05, 4.69) is 9.71 Å². The van der Waals surface area contributed by atoms with Gasteiger partial charge >= 0.3 is 5.97 Å². The van der Waals surface area contributed by atoms with Gasteiger partial charge in [-0.05, 0) is 56.2 Å². The van der Waals surface area contributed by atoms with E-state index in [1.165, 1.54) is 17.9 Å². The standard InChI is InChI=1S/C23H24N4O5S/c1-15-11-16(2)13-18(12-15)27(10-6-9-24)21(28)14-32-23(29)17(3)25-22-19-7-4-5-8-20(19)33(30,31)26-22/h4-5,7-8,11-13,17H,6,10,14H2,1-3H3,(H,25,26)/t17-/m0/s1. The molecule has 0 saturated carbocycles. The maximum Gasteiger partial charge on any atom is 0.331 e. The van der Waals surface area contributed by atoms with Gasteiger partial charge in [0.05, 0.1) is 17.4 Å². The molecule has 1 heterocycles. The average molecular weight is 469 g/mol. The normalized spacial score (nSPS) is 15.8. The highest BCUT2D eigenvalue weighted by Gasteiger charge is 2.31. The maximum absolute atomic E-state index is 12.8. The van der Waals surface area contributed by atoms with Gasteiger partial charge in [0.25, 0.3) is 15.9 Å². The van der Waals surface area contributed by atoms with Crippen molar-refractivity contribution in [2.45, 2.75) is 38.1 Å². The number of fused-ring (bicyclic) bond motifs is 1. The van der Waals surface area contributed by atoms with E-state index < -0.39 is 34.5 Å². The molecule has 1 amide bonds. The summed E-state index contributed by atoms with van der Waals surface area (Å²) in [5.74, 6) is -1.21. The Bertz CT molecular complexity index is 1240. The van der Waals surface area contributed by atoms with Crippen molar-refractivity contribution in [1.82, 2.24) is 4.72 Å². The highest BCUT2D eigenvalue weighted by atomic mass is 32.2. The van der Waals surface area contributed by atoms with E-state index in [9.17, 15) is 18.0 Å². The number of ether oxygens (including phenoxy) is 1. The van der Waals surface area contributed by atoms with Crippen LogP contribution in [-0.4, -0.2) is 45.3 Å². The first-order valence-electron chi connectivity index (χ1n) is 10.2. The molecular formula is C23H24N4O5S. The molecule has 1 atom stereocenters. The Kier molecular flexibility index (Phi) is 7.13. The lowest BCUT2D eigenvalue weighted by molar-refractivity contribution is -0.148. The summed E-state index contributed by atoms with van der Waals surface area (Å²) in [6.45, 7) is 4.88. The molecule has 3 rings (SSSR count). The van der Waals surface area contributed by atoms with Crippen LogP contribution in [0.5, 0.6) is 0 Å². The number of nitrogens with zero attached hydrogens (tertiary/aromatic N) is 3. The van der Waals surface area contributed by atoms with Gasteiger partial charge < -0.3 is 9.64 Å². The minimum Gasteiger partial charge on any atom is -0.454 e. The van der Waals surface area contributed by atoms with Crippen molar-refractivity contribution in [1.29, 1.82) is 5.26 Å². The quantitative estimate of drug-likeness (QED) is 0.621. The molecule has 0 unspecified atom stereocenters. The van der Waals surface area contributed by atoms with E-state index in [1.807, 2.05) is 38.1 Å². The van der Waals surface area contributed by atoms with Gasteiger partial charge in [-0.15, -0.1) is 0 Å². The number of aryl methyl sites for hydroxylation is 2. The Balaban J connectivity index is 1.70. The SMILES string of the molecule is Cc1cc(C)cc(N(CCC#N)C(=O)COC(=O)[C@H](C)N=C2NS(=O)(=O)c3ccccc32)c1. The third-order valence-corrected chi connectivity index (χ3v) is 6.33. The summed E-state index contributed by atoms with van der Waals surface area (Å²) >= 11 is 0. The van der Waals surface area contributed by atoms with E-state index in [1.54, 1.807) is 18.2 Å². The number of sulfonamides is 1. The van der Waals surface area contributed by atoms with Crippen LogP contribution in [0.4, 0.5) is 5.69 Å². The van der Waals surface area contributed by atoms with Crippen LogP contribution in [-0.2, 0) is 24.3 Å². The predicted molar refractivity (Wildman–Crippen MR) is 122 cm³/mol. The molecule has 0 aromatic heterocycles. The second-order valence-electron chi connectivity index (χ2n) is 7.66. The zero-order chi connectivity index (χ0) is 24.2. The number of hydrogen-bond donors (Lipinski definition) is 1. The van der Waals surface area contributed by atoms with E-state index in [0.717, 1.165) is 11.1 Å². The average Bonchev–Trinajstić information content (AvgIpc) is 3.01. The highest BCUT2D eigenvalue weighted by Crippen LogP contribution is 2.23. The molecule has 9 nitrogen and oxygen atoms in total. The number of nitriles is 1. The van der Waals surface area contributed by atoms with E-state index in [0.29, 0.717) is 11.3 Å². The Morgan fingerprint density at radius 3 is 2.52 bits per heavy atom. The molecule has 1 aliphatic heterocycles. The molecule has 1 aliphatic rings. The maximum atomic E-state index is 12.8. The summed E-state index contributed by atoms with van der Waals surface area (Å²) in [6, 6.07) is 12.9. The number of esters is 1. The van der Waals surface area contributed by atoms with Crippen molar-refractivity contribution in [2.24, 2.45) is 4.99 Å². The van der Waals surface area contributed by atoms with Crippen molar-refractivity contribution >= 4 is 33.4 Å². The van der Waals surface area contributed by atoms with Gasteiger partial charge in [-0.2, -0.15) is 5.26 Å². The van der Waals surface area contributed by atoms with Crippen LogP contribution in [0, 0.1) is 25.2 Å². The highest BCUT2D eigenvalue weighted by molar-refractivity contribution is 7.90. The number of carbonyl (C=O) groups excluding carboxylic acids is 2. The van der Waals surface area contributed by atoms with Gasteiger partial charge in [0.15, 0.2) is 6.61 Å². The van der Waals surface area contributed by atoms with E-state index in [-0.39, 0.29) is 23.7 Å². The number of aliphatic imine (C=N–C) groups is 1. The molecule has 0 spiro atoms. The van der Waals surface area contributed by atoms with E-state index >= 15 is 0 Å². The molecule has 2 aromatic rings. The van der Waals surface area contributed by atoms with Gasteiger partial charge in [0.2, 0.25) is 0 Å². The molecule has 0 fully saturated rings. The zero-order valence-electron chi connectivity index (χ0n) is 18.5. The molecule has 1 N–H and O–H groups in total. The summed E-state index contributed by atoms with van der Waals surface area (Å²) in [5.41, 5.74) is 2.90. The largest absolute Gasteiger partial charge is 0.454 e. The Morgan fingerprint density at radius 1 is 1.18 bits per heavy atom. The van der Waals surface area contributed by atoms with Crippen LogP contribution in [0.25, 0.3) is 0 Å². The predicted octanol–water partition coefficient (Wildman–Crippen LogP) is 2.22. The number of hydrogen-bond acceptors (Lipinski definition) is 7. The van der Waals surface area contributed by atoms with Crippen LogP contribution in [0.1, 0.15) is 30.0 Å². The molecule has 2 aromatic carbocycles. The Labute approximate surface area is 192 Å². The zero-order valence-corrected chi connectivity index (χ0v) is 19.3. The van der Waals surface area contributed by atoms with Crippen LogP contribution in [0.2, 0.25) is 0 Å². The molecule has 172 valence electrons. The third-order valence-electron chi connectivity index (χ3n) is 4.93. The number of amides is 1. The van der Waals surface area contributed by atoms with Gasteiger partial charge in [-0.25, -0.2) is 13.2 Å².